The number of hydrogen-bond donors (Lipinski definition) is 1. The fraction of sp³-hybridized carbons (Fsp3) is 0.158. The molecule has 0 bridgehead atoms. The number of benzene rings is 2. The maximum Gasteiger partial charge on any atom is 0.264 e. The van der Waals surface area contributed by atoms with E-state index in [0.717, 1.165) is 10.4 Å². The zero-order valence-corrected chi connectivity index (χ0v) is 13.8. The van der Waals surface area contributed by atoms with E-state index in [0.29, 0.717) is 18.0 Å². The highest BCUT2D eigenvalue weighted by Gasteiger charge is 2.23. The van der Waals surface area contributed by atoms with E-state index in [9.17, 15) is 9.59 Å². The first-order valence-corrected chi connectivity index (χ1v) is 8.67. The number of carbonyl (C=O) groups excluding carboxylic acids is 2. The molecule has 4 rings (SSSR count). The number of thiophene rings is 1. The molecular weight excluding hydrogens is 320 g/mol. The van der Waals surface area contributed by atoms with Crippen molar-refractivity contribution < 1.29 is 9.59 Å². The number of piperazine rings is 1. The van der Waals surface area contributed by atoms with Crippen molar-refractivity contribution in [2.45, 2.75) is 0 Å². The van der Waals surface area contributed by atoms with Crippen molar-refractivity contribution in [3.05, 3.63) is 59.5 Å². The van der Waals surface area contributed by atoms with Crippen LogP contribution in [-0.4, -0.2) is 36.3 Å². The molecule has 1 aliphatic rings. The van der Waals surface area contributed by atoms with Gasteiger partial charge in [-0.1, -0.05) is 36.4 Å². The van der Waals surface area contributed by atoms with Crippen LogP contribution in [-0.2, 0) is 4.79 Å². The lowest BCUT2D eigenvalue weighted by Gasteiger charge is -2.26. The molecule has 2 amide bonds. The molecule has 1 saturated heterocycles. The summed E-state index contributed by atoms with van der Waals surface area (Å²) in [7, 11) is 0. The van der Waals surface area contributed by atoms with Gasteiger partial charge in [-0.05, 0) is 34.5 Å². The number of carbonyl (C=O) groups is 2. The molecule has 5 heteroatoms. The van der Waals surface area contributed by atoms with E-state index in [1.165, 1.54) is 22.1 Å². The molecule has 0 unspecified atom stereocenters. The number of nitrogens with zero attached hydrogens (tertiary/aromatic N) is 1. The van der Waals surface area contributed by atoms with Gasteiger partial charge < -0.3 is 10.2 Å². The lowest BCUT2D eigenvalue weighted by Crippen LogP contribution is -2.49. The Morgan fingerprint density at radius 3 is 2.71 bits per heavy atom. The number of nitrogens with one attached hydrogen (secondary N) is 1. The van der Waals surface area contributed by atoms with Gasteiger partial charge >= 0.3 is 0 Å². The van der Waals surface area contributed by atoms with Crippen LogP contribution in [0.25, 0.3) is 21.2 Å². The van der Waals surface area contributed by atoms with E-state index in [2.05, 4.69) is 35.6 Å². The standard InChI is InChI=1S/C19H16N2O2S/c22-18-12-21(10-9-20-18)19(23)17-8-7-16(24-17)15-6-5-13-3-1-2-4-14(13)11-15/h1-8,11H,9-10,12H2,(H,20,22). The highest BCUT2D eigenvalue weighted by atomic mass is 32.1. The average molecular weight is 336 g/mol. The lowest BCUT2D eigenvalue weighted by atomic mass is 10.1. The Hall–Kier alpha value is -2.66. The van der Waals surface area contributed by atoms with Crippen molar-refractivity contribution in [3.8, 4) is 10.4 Å². The molecular formula is C19H16N2O2S. The van der Waals surface area contributed by atoms with Crippen molar-refractivity contribution in [2.24, 2.45) is 0 Å². The van der Waals surface area contributed by atoms with Gasteiger partial charge in [0.15, 0.2) is 0 Å². The van der Waals surface area contributed by atoms with Gasteiger partial charge in [-0.2, -0.15) is 0 Å². The molecule has 1 aliphatic heterocycles. The summed E-state index contributed by atoms with van der Waals surface area (Å²) in [4.78, 5) is 27.4. The molecule has 120 valence electrons. The zero-order chi connectivity index (χ0) is 16.5. The van der Waals surface area contributed by atoms with E-state index >= 15 is 0 Å². The molecule has 0 aliphatic carbocycles. The van der Waals surface area contributed by atoms with Crippen molar-refractivity contribution in [3.63, 3.8) is 0 Å². The van der Waals surface area contributed by atoms with Gasteiger partial charge in [-0.15, -0.1) is 11.3 Å². The van der Waals surface area contributed by atoms with Crippen LogP contribution in [0.2, 0.25) is 0 Å². The predicted molar refractivity (Wildman–Crippen MR) is 96.2 cm³/mol. The summed E-state index contributed by atoms with van der Waals surface area (Å²) in [6.45, 7) is 1.23. The second kappa shape index (κ2) is 6.09. The van der Waals surface area contributed by atoms with E-state index in [1.807, 2.05) is 24.3 Å². The molecule has 24 heavy (non-hydrogen) atoms. The Bertz CT molecular complexity index is 932. The topological polar surface area (TPSA) is 49.4 Å². The van der Waals surface area contributed by atoms with Gasteiger partial charge in [0.1, 0.15) is 0 Å². The minimum Gasteiger partial charge on any atom is -0.353 e. The highest BCUT2D eigenvalue weighted by Crippen LogP contribution is 2.31. The zero-order valence-electron chi connectivity index (χ0n) is 13.0. The summed E-state index contributed by atoms with van der Waals surface area (Å²) in [5.41, 5.74) is 1.11. The summed E-state index contributed by atoms with van der Waals surface area (Å²) in [5.74, 6) is -0.164. The van der Waals surface area contributed by atoms with Crippen LogP contribution in [0.4, 0.5) is 0 Å². The summed E-state index contributed by atoms with van der Waals surface area (Å²) < 4.78 is 0. The molecule has 2 aromatic carbocycles. The van der Waals surface area contributed by atoms with Crippen LogP contribution in [0.1, 0.15) is 9.67 Å². The molecule has 2 heterocycles. The SMILES string of the molecule is O=C1CN(C(=O)c2ccc(-c3ccc4ccccc4c3)s2)CCN1. The fourth-order valence-electron chi connectivity index (χ4n) is 2.92. The lowest BCUT2D eigenvalue weighted by molar-refractivity contribution is -0.123. The van der Waals surface area contributed by atoms with E-state index in [4.69, 9.17) is 0 Å². The van der Waals surface area contributed by atoms with Crippen LogP contribution in [0.15, 0.2) is 54.6 Å². The van der Waals surface area contributed by atoms with E-state index in [1.54, 1.807) is 4.90 Å². The van der Waals surface area contributed by atoms with Gasteiger partial charge in [-0.3, -0.25) is 9.59 Å². The predicted octanol–water partition coefficient (Wildman–Crippen LogP) is 3.14. The molecule has 3 aromatic rings. The Labute approximate surface area is 143 Å². The molecule has 1 N–H and O–H groups in total. The summed E-state index contributed by atoms with van der Waals surface area (Å²) in [6, 6.07) is 18.4. The molecule has 0 spiro atoms. The summed E-state index contributed by atoms with van der Waals surface area (Å²) in [5, 5.41) is 5.12. The first-order valence-electron chi connectivity index (χ1n) is 7.86. The Morgan fingerprint density at radius 2 is 1.88 bits per heavy atom. The Kier molecular flexibility index (Phi) is 3.78. The van der Waals surface area contributed by atoms with Crippen LogP contribution in [0.5, 0.6) is 0 Å². The molecule has 1 aromatic heterocycles. The van der Waals surface area contributed by atoms with Crippen molar-refractivity contribution >= 4 is 33.9 Å². The van der Waals surface area contributed by atoms with Gasteiger partial charge in [0, 0.05) is 18.0 Å². The molecule has 0 saturated carbocycles. The molecule has 0 radical (unpaired) electrons. The quantitative estimate of drug-likeness (QED) is 0.781. The van der Waals surface area contributed by atoms with E-state index < -0.39 is 0 Å². The third-order valence-electron chi connectivity index (χ3n) is 4.18. The summed E-state index contributed by atoms with van der Waals surface area (Å²) >= 11 is 1.47. The average Bonchev–Trinajstić information content (AvgIpc) is 3.11. The highest BCUT2D eigenvalue weighted by molar-refractivity contribution is 7.17. The third-order valence-corrected chi connectivity index (χ3v) is 5.30. The van der Waals surface area contributed by atoms with Crippen LogP contribution >= 0.6 is 11.3 Å². The minimum absolute atomic E-state index is 0.0677. The largest absolute Gasteiger partial charge is 0.353 e. The number of rotatable bonds is 2. The smallest absolute Gasteiger partial charge is 0.264 e. The van der Waals surface area contributed by atoms with Crippen molar-refractivity contribution in [2.75, 3.05) is 19.6 Å². The molecule has 1 fully saturated rings. The van der Waals surface area contributed by atoms with E-state index in [-0.39, 0.29) is 18.4 Å². The molecule has 0 atom stereocenters. The summed E-state index contributed by atoms with van der Waals surface area (Å²) in [6.07, 6.45) is 0. The number of amides is 2. The monoisotopic (exact) mass is 336 g/mol. The van der Waals surface area contributed by atoms with Crippen molar-refractivity contribution in [1.29, 1.82) is 0 Å². The third kappa shape index (κ3) is 2.78. The van der Waals surface area contributed by atoms with Gasteiger partial charge in [0.2, 0.25) is 5.91 Å². The maximum absolute atomic E-state index is 12.6. The van der Waals surface area contributed by atoms with Gasteiger partial charge in [0.25, 0.3) is 5.91 Å². The first kappa shape index (κ1) is 14.9. The van der Waals surface area contributed by atoms with Gasteiger partial charge in [-0.25, -0.2) is 0 Å². The second-order valence-corrected chi connectivity index (χ2v) is 6.89. The van der Waals surface area contributed by atoms with Crippen LogP contribution < -0.4 is 5.32 Å². The fourth-order valence-corrected chi connectivity index (χ4v) is 3.89. The van der Waals surface area contributed by atoms with Gasteiger partial charge in [0.05, 0.1) is 11.4 Å². The molecule has 4 nitrogen and oxygen atoms in total. The second-order valence-electron chi connectivity index (χ2n) is 5.80. The maximum atomic E-state index is 12.6. The van der Waals surface area contributed by atoms with Crippen LogP contribution in [0.3, 0.4) is 0 Å². The van der Waals surface area contributed by atoms with Crippen molar-refractivity contribution in [1.82, 2.24) is 10.2 Å². The normalized spacial score (nSPS) is 14.7. The Morgan fingerprint density at radius 1 is 1.04 bits per heavy atom. The minimum atomic E-state index is -0.0964. The number of hydrogen-bond acceptors (Lipinski definition) is 3. The van der Waals surface area contributed by atoms with Crippen LogP contribution in [0, 0.1) is 0 Å². The first-order chi connectivity index (χ1) is 11.7. The Balaban J connectivity index is 1.61. The number of fused-ring (bicyclic) bond motifs is 1.